The summed E-state index contributed by atoms with van der Waals surface area (Å²) in [6, 6.07) is 13.8. The van der Waals surface area contributed by atoms with Crippen molar-refractivity contribution in [2.45, 2.75) is 19.5 Å². The molecule has 0 bridgehead atoms. The van der Waals surface area contributed by atoms with Crippen LogP contribution in [-0.2, 0) is 6.54 Å². The van der Waals surface area contributed by atoms with Crippen LogP contribution in [0.2, 0.25) is 5.02 Å². The van der Waals surface area contributed by atoms with Crippen LogP contribution in [0.3, 0.4) is 0 Å². The van der Waals surface area contributed by atoms with E-state index < -0.39 is 0 Å². The van der Waals surface area contributed by atoms with Crippen LogP contribution in [0.15, 0.2) is 48.7 Å². The van der Waals surface area contributed by atoms with E-state index >= 15 is 0 Å². The summed E-state index contributed by atoms with van der Waals surface area (Å²) in [5.74, 6) is 0.912. The molecule has 0 saturated carbocycles. The summed E-state index contributed by atoms with van der Waals surface area (Å²) in [7, 11) is 0. The summed E-state index contributed by atoms with van der Waals surface area (Å²) in [5, 5.41) is 12.6. The first kappa shape index (κ1) is 13.1. The minimum absolute atomic E-state index is 0.114. The molecule has 1 aromatic carbocycles. The van der Waals surface area contributed by atoms with Gasteiger partial charge in [-0.05, 0) is 36.8 Å². The van der Waals surface area contributed by atoms with Crippen LogP contribution in [0.5, 0.6) is 0 Å². The second-order valence-electron chi connectivity index (χ2n) is 4.72. The van der Waals surface area contributed by atoms with Gasteiger partial charge in [0.25, 0.3) is 0 Å². The zero-order chi connectivity index (χ0) is 13.9. The Kier molecular flexibility index (Phi) is 3.67. The van der Waals surface area contributed by atoms with Crippen molar-refractivity contribution in [3.63, 3.8) is 0 Å². The van der Waals surface area contributed by atoms with Gasteiger partial charge < -0.3 is 5.32 Å². The molecule has 0 saturated heterocycles. The summed E-state index contributed by atoms with van der Waals surface area (Å²) < 4.78 is 2.00. The molecule has 0 aliphatic heterocycles. The van der Waals surface area contributed by atoms with E-state index in [-0.39, 0.29) is 6.04 Å². The molecule has 20 heavy (non-hydrogen) atoms. The van der Waals surface area contributed by atoms with Crippen molar-refractivity contribution in [3.8, 4) is 0 Å². The van der Waals surface area contributed by atoms with Crippen molar-refractivity contribution in [2.75, 3.05) is 0 Å². The predicted octanol–water partition coefficient (Wildman–Crippen LogP) is 3.23. The van der Waals surface area contributed by atoms with E-state index in [2.05, 4.69) is 22.4 Å². The van der Waals surface area contributed by atoms with Crippen LogP contribution < -0.4 is 5.32 Å². The average Bonchev–Trinajstić information content (AvgIpc) is 2.90. The van der Waals surface area contributed by atoms with Gasteiger partial charge in [-0.25, -0.2) is 0 Å². The molecule has 1 N–H and O–H groups in total. The number of nitrogens with one attached hydrogen (secondary N) is 1. The molecule has 0 spiro atoms. The number of pyridine rings is 1. The lowest BCUT2D eigenvalue weighted by Crippen LogP contribution is -2.20. The highest BCUT2D eigenvalue weighted by Gasteiger charge is 2.12. The van der Waals surface area contributed by atoms with E-state index in [9.17, 15) is 0 Å². The van der Waals surface area contributed by atoms with Crippen LogP contribution in [-0.4, -0.2) is 14.6 Å². The largest absolute Gasteiger partial charge is 0.303 e. The molecule has 1 atom stereocenters. The monoisotopic (exact) mass is 286 g/mol. The Morgan fingerprint density at radius 1 is 1.15 bits per heavy atom. The van der Waals surface area contributed by atoms with Gasteiger partial charge in [-0.2, -0.15) is 0 Å². The highest BCUT2D eigenvalue weighted by Crippen LogP contribution is 2.14. The third-order valence-corrected chi connectivity index (χ3v) is 3.51. The number of hydrogen-bond donors (Lipinski definition) is 1. The average molecular weight is 287 g/mol. The molecule has 3 rings (SSSR count). The summed E-state index contributed by atoms with van der Waals surface area (Å²) in [6.45, 7) is 2.85. The van der Waals surface area contributed by atoms with Gasteiger partial charge in [0.1, 0.15) is 0 Å². The minimum Gasteiger partial charge on any atom is -0.303 e. The van der Waals surface area contributed by atoms with E-state index in [1.165, 1.54) is 5.56 Å². The number of rotatable bonds is 4. The molecule has 0 fully saturated rings. The normalized spacial score (nSPS) is 12.7. The van der Waals surface area contributed by atoms with Gasteiger partial charge in [-0.1, -0.05) is 29.8 Å². The van der Waals surface area contributed by atoms with Gasteiger partial charge in [0, 0.05) is 17.8 Å². The van der Waals surface area contributed by atoms with Gasteiger partial charge in [-0.3, -0.25) is 4.40 Å². The third kappa shape index (κ3) is 2.66. The highest BCUT2D eigenvalue weighted by atomic mass is 35.5. The van der Waals surface area contributed by atoms with E-state index in [0.29, 0.717) is 0 Å². The summed E-state index contributed by atoms with van der Waals surface area (Å²) >= 11 is 5.88. The Hall–Kier alpha value is -1.91. The molecule has 0 unspecified atom stereocenters. The maximum absolute atomic E-state index is 5.88. The number of benzene rings is 1. The molecule has 4 nitrogen and oxygen atoms in total. The van der Waals surface area contributed by atoms with Crippen molar-refractivity contribution in [2.24, 2.45) is 0 Å². The fraction of sp³-hybridized carbons (Fsp3) is 0.200. The van der Waals surface area contributed by atoms with Crippen molar-refractivity contribution in [1.82, 2.24) is 19.9 Å². The first-order chi connectivity index (χ1) is 9.74. The Morgan fingerprint density at radius 2 is 1.95 bits per heavy atom. The van der Waals surface area contributed by atoms with Crippen LogP contribution >= 0.6 is 11.6 Å². The lowest BCUT2D eigenvalue weighted by atomic mass is 10.2. The van der Waals surface area contributed by atoms with Crippen LogP contribution in [0, 0.1) is 0 Å². The molecule has 0 aliphatic carbocycles. The summed E-state index contributed by atoms with van der Waals surface area (Å²) in [6.07, 6.45) is 1.98. The maximum Gasteiger partial charge on any atom is 0.160 e. The van der Waals surface area contributed by atoms with E-state index in [1.54, 1.807) is 0 Å². The number of fused-ring (bicyclic) bond motifs is 1. The number of nitrogens with zero attached hydrogens (tertiary/aromatic N) is 3. The van der Waals surface area contributed by atoms with Crippen LogP contribution in [0.1, 0.15) is 24.4 Å². The Morgan fingerprint density at radius 3 is 2.75 bits per heavy atom. The zero-order valence-corrected chi connectivity index (χ0v) is 11.9. The first-order valence-corrected chi connectivity index (χ1v) is 6.89. The van der Waals surface area contributed by atoms with Gasteiger partial charge in [0.05, 0.1) is 6.04 Å². The first-order valence-electron chi connectivity index (χ1n) is 6.51. The van der Waals surface area contributed by atoms with E-state index in [1.807, 2.05) is 53.1 Å². The van der Waals surface area contributed by atoms with Gasteiger partial charge in [-0.15, -0.1) is 10.2 Å². The third-order valence-electron chi connectivity index (χ3n) is 3.25. The van der Waals surface area contributed by atoms with Gasteiger partial charge in [0.2, 0.25) is 0 Å². The molecule has 3 aromatic rings. The minimum atomic E-state index is 0.114. The molecule has 102 valence electrons. The molecule has 0 aliphatic rings. The fourth-order valence-electron chi connectivity index (χ4n) is 2.12. The molecule has 5 heteroatoms. The van der Waals surface area contributed by atoms with E-state index in [4.69, 9.17) is 11.6 Å². The second-order valence-corrected chi connectivity index (χ2v) is 5.15. The Labute approximate surface area is 122 Å². The standard InChI is InChI=1S/C15H15ClN4/c1-11(17-10-12-5-7-13(16)8-6-12)15-19-18-14-4-2-3-9-20(14)15/h2-9,11,17H,10H2,1H3/t11-/m0/s1. The quantitative estimate of drug-likeness (QED) is 0.801. The smallest absolute Gasteiger partial charge is 0.160 e. The van der Waals surface area contributed by atoms with Crippen molar-refractivity contribution < 1.29 is 0 Å². The number of aromatic nitrogens is 3. The molecule has 0 radical (unpaired) electrons. The summed E-state index contributed by atoms with van der Waals surface area (Å²) in [5.41, 5.74) is 2.05. The zero-order valence-electron chi connectivity index (χ0n) is 11.1. The number of halogens is 1. The molecular formula is C15H15ClN4. The molecule has 2 aromatic heterocycles. The lowest BCUT2D eigenvalue weighted by Gasteiger charge is -2.12. The molecular weight excluding hydrogens is 272 g/mol. The SMILES string of the molecule is C[C@H](NCc1ccc(Cl)cc1)c1nnc2ccccn12. The van der Waals surface area contributed by atoms with Crippen molar-refractivity contribution >= 4 is 17.2 Å². The van der Waals surface area contributed by atoms with E-state index in [0.717, 1.165) is 23.0 Å². The van der Waals surface area contributed by atoms with Crippen LogP contribution in [0.4, 0.5) is 0 Å². The van der Waals surface area contributed by atoms with Crippen LogP contribution in [0.25, 0.3) is 5.65 Å². The fourth-order valence-corrected chi connectivity index (χ4v) is 2.25. The lowest BCUT2D eigenvalue weighted by molar-refractivity contribution is 0.541. The van der Waals surface area contributed by atoms with Crippen molar-refractivity contribution in [3.05, 3.63) is 65.1 Å². The summed E-state index contributed by atoms with van der Waals surface area (Å²) in [4.78, 5) is 0. The topological polar surface area (TPSA) is 42.2 Å². The molecule has 2 heterocycles. The van der Waals surface area contributed by atoms with Gasteiger partial charge in [0.15, 0.2) is 11.5 Å². The van der Waals surface area contributed by atoms with Gasteiger partial charge >= 0.3 is 0 Å². The maximum atomic E-state index is 5.88. The Balaban J connectivity index is 1.73. The Bertz CT molecular complexity index is 705. The van der Waals surface area contributed by atoms with Crippen molar-refractivity contribution in [1.29, 1.82) is 0 Å². The predicted molar refractivity (Wildman–Crippen MR) is 79.7 cm³/mol. The highest BCUT2D eigenvalue weighted by molar-refractivity contribution is 6.30. The second kappa shape index (κ2) is 5.61. The number of hydrogen-bond acceptors (Lipinski definition) is 3. The molecule has 0 amide bonds.